The Labute approximate surface area is 177 Å². The number of thiazole rings is 1. The second kappa shape index (κ2) is 8.23. The molecule has 0 spiro atoms. The van der Waals surface area contributed by atoms with Crippen LogP contribution in [0.1, 0.15) is 26.5 Å². The number of nitrogens with one attached hydrogen (secondary N) is 2. The normalized spacial score (nSPS) is 13.4. The van der Waals surface area contributed by atoms with Crippen LogP contribution in [-0.4, -0.2) is 30.0 Å². The Balaban J connectivity index is 1.49. The highest BCUT2D eigenvalue weighted by Crippen LogP contribution is 2.28. The minimum Gasteiger partial charge on any atom is -0.336 e. The van der Waals surface area contributed by atoms with Crippen LogP contribution in [0.5, 0.6) is 0 Å². The van der Waals surface area contributed by atoms with Gasteiger partial charge < -0.3 is 5.32 Å². The van der Waals surface area contributed by atoms with Crippen LogP contribution in [-0.2, 0) is 6.42 Å². The van der Waals surface area contributed by atoms with Crippen LogP contribution in [0.2, 0.25) is 5.02 Å². The number of hydrogen-bond acceptors (Lipinski definition) is 4. The van der Waals surface area contributed by atoms with Crippen molar-refractivity contribution in [3.05, 3.63) is 75.3 Å². The van der Waals surface area contributed by atoms with Gasteiger partial charge in [-0.1, -0.05) is 35.9 Å². The largest absolute Gasteiger partial charge is 0.336 e. The van der Waals surface area contributed by atoms with Crippen LogP contribution in [0, 0.1) is 6.92 Å². The summed E-state index contributed by atoms with van der Waals surface area (Å²) in [5.41, 5.74) is 3.06. The molecule has 2 N–H and O–H groups in total. The van der Waals surface area contributed by atoms with Crippen molar-refractivity contribution >= 4 is 45.7 Å². The zero-order valence-electron chi connectivity index (χ0n) is 15.7. The van der Waals surface area contributed by atoms with Crippen molar-refractivity contribution in [2.45, 2.75) is 13.3 Å². The van der Waals surface area contributed by atoms with Crippen molar-refractivity contribution < 1.29 is 9.59 Å². The molecule has 1 saturated heterocycles. The van der Waals surface area contributed by atoms with Gasteiger partial charge in [-0.25, -0.2) is 9.78 Å². The first kappa shape index (κ1) is 19.4. The first-order valence-corrected chi connectivity index (χ1v) is 10.4. The smallest absolute Gasteiger partial charge is 0.321 e. The number of halogens is 1. The molecule has 1 aromatic heterocycles. The van der Waals surface area contributed by atoms with Gasteiger partial charge in [0, 0.05) is 40.7 Å². The van der Waals surface area contributed by atoms with Crippen molar-refractivity contribution in [2.24, 2.45) is 0 Å². The number of aryl methyl sites for hydroxylation is 1. The third-order valence-electron chi connectivity index (χ3n) is 4.70. The van der Waals surface area contributed by atoms with E-state index in [1.807, 2.05) is 37.3 Å². The number of urea groups is 1. The topological polar surface area (TPSA) is 74.3 Å². The molecule has 0 bridgehead atoms. The number of hydrogen-bond donors (Lipinski definition) is 2. The molecule has 0 atom stereocenters. The van der Waals surface area contributed by atoms with Crippen LogP contribution in [0.15, 0.2) is 48.5 Å². The average Bonchev–Trinajstić information content (AvgIpc) is 3.29. The van der Waals surface area contributed by atoms with E-state index in [4.69, 9.17) is 11.6 Å². The van der Waals surface area contributed by atoms with Gasteiger partial charge in [-0.15, -0.1) is 11.3 Å². The molecule has 0 saturated carbocycles. The SMILES string of the molecule is Cc1nc(NC(=O)c2cccc(N3CCNC3=O)c2)sc1Cc1ccccc1Cl. The second-order valence-corrected chi connectivity index (χ2v) is 8.17. The lowest BCUT2D eigenvalue weighted by Gasteiger charge is -2.14. The Morgan fingerprint density at radius 3 is 2.86 bits per heavy atom. The van der Waals surface area contributed by atoms with Crippen molar-refractivity contribution in [3.63, 3.8) is 0 Å². The first-order valence-electron chi connectivity index (χ1n) is 9.18. The molecule has 1 aliphatic heterocycles. The minimum absolute atomic E-state index is 0.151. The zero-order valence-corrected chi connectivity index (χ0v) is 17.3. The summed E-state index contributed by atoms with van der Waals surface area (Å²) in [6.45, 7) is 3.10. The second-order valence-electron chi connectivity index (χ2n) is 6.68. The highest BCUT2D eigenvalue weighted by Gasteiger charge is 2.22. The van der Waals surface area contributed by atoms with E-state index in [0.717, 1.165) is 16.1 Å². The van der Waals surface area contributed by atoms with Crippen LogP contribution < -0.4 is 15.5 Å². The number of nitrogens with zero attached hydrogens (tertiary/aromatic N) is 2. The molecule has 4 rings (SSSR count). The molecule has 0 aliphatic carbocycles. The van der Waals surface area contributed by atoms with Gasteiger partial charge in [0.15, 0.2) is 5.13 Å². The molecule has 1 aliphatic rings. The quantitative estimate of drug-likeness (QED) is 0.631. The fraction of sp³-hybridized carbons (Fsp3) is 0.190. The van der Waals surface area contributed by atoms with Crippen molar-refractivity contribution in [1.82, 2.24) is 10.3 Å². The van der Waals surface area contributed by atoms with Gasteiger partial charge in [-0.2, -0.15) is 0 Å². The van der Waals surface area contributed by atoms with Gasteiger partial charge in [0.05, 0.1) is 5.69 Å². The van der Waals surface area contributed by atoms with E-state index in [9.17, 15) is 9.59 Å². The van der Waals surface area contributed by atoms with Gasteiger partial charge in [0.25, 0.3) is 5.91 Å². The standard InChI is InChI=1S/C21H19ClN4O2S/c1-13-18(12-14-5-2-3-8-17(14)22)29-20(24-13)25-19(27)15-6-4-7-16(11-15)26-10-9-23-21(26)28/h2-8,11H,9-10,12H2,1H3,(H,23,28)(H,24,25,27). The van der Waals surface area contributed by atoms with Crippen LogP contribution >= 0.6 is 22.9 Å². The van der Waals surface area contributed by atoms with Gasteiger partial charge in [0.2, 0.25) is 0 Å². The third-order valence-corrected chi connectivity index (χ3v) is 6.14. The van der Waals surface area contributed by atoms with E-state index in [2.05, 4.69) is 15.6 Å². The van der Waals surface area contributed by atoms with E-state index in [0.29, 0.717) is 40.9 Å². The number of anilines is 2. The Kier molecular flexibility index (Phi) is 5.51. The monoisotopic (exact) mass is 426 g/mol. The molecular formula is C21H19ClN4O2S. The van der Waals surface area contributed by atoms with Gasteiger partial charge in [0.1, 0.15) is 0 Å². The Bertz CT molecular complexity index is 1080. The number of aromatic nitrogens is 1. The fourth-order valence-corrected chi connectivity index (χ4v) is 4.35. The van der Waals surface area contributed by atoms with Gasteiger partial charge in [-0.05, 0) is 36.8 Å². The average molecular weight is 427 g/mol. The summed E-state index contributed by atoms with van der Waals surface area (Å²) in [6, 6.07) is 14.6. The molecule has 3 amide bonds. The number of carbonyl (C=O) groups excluding carboxylic acids is 2. The maximum Gasteiger partial charge on any atom is 0.321 e. The van der Waals surface area contributed by atoms with Crippen molar-refractivity contribution in [2.75, 3.05) is 23.3 Å². The highest BCUT2D eigenvalue weighted by molar-refractivity contribution is 7.15. The van der Waals surface area contributed by atoms with E-state index < -0.39 is 0 Å². The summed E-state index contributed by atoms with van der Waals surface area (Å²) in [4.78, 5) is 31.7. The van der Waals surface area contributed by atoms with Gasteiger partial charge >= 0.3 is 6.03 Å². The Morgan fingerprint density at radius 1 is 1.28 bits per heavy atom. The fourth-order valence-electron chi connectivity index (χ4n) is 3.16. The molecule has 29 heavy (non-hydrogen) atoms. The predicted octanol–water partition coefficient (Wildman–Crippen LogP) is 4.48. The molecule has 6 nitrogen and oxygen atoms in total. The summed E-state index contributed by atoms with van der Waals surface area (Å²) >= 11 is 7.70. The molecule has 8 heteroatoms. The van der Waals surface area contributed by atoms with Crippen LogP contribution in [0.25, 0.3) is 0 Å². The molecule has 148 valence electrons. The van der Waals surface area contributed by atoms with Crippen molar-refractivity contribution in [3.8, 4) is 0 Å². The summed E-state index contributed by atoms with van der Waals surface area (Å²) in [6.07, 6.45) is 0.665. The Morgan fingerprint density at radius 2 is 2.10 bits per heavy atom. The minimum atomic E-state index is -0.260. The van der Waals surface area contributed by atoms with Crippen LogP contribution in [0.4, 0.5) is 15.6 Å². The lowest BCUT2D eigenvalue weighted by atomic mass is 10.1. The summed E-state index contributed by atoms with van der Waals surface area (Å²) in [7, 11) is 0. The molecule has 2 aromatic carbocycles. The summed E-state index contributed by atoms with van der Waals surface area (Å²) in [5, 5.41) is 6.88. The lowest BCUT2D eigenvalue weighted by molar-refractivity contribution is 0.102. The lowest BCUT2D eigenvalue weighted by Crippen LogP contribution is -2.27. The molecule has 2 heterocycles. The number of rotatable bonds is 5. The summed E-state index contributed by atoms with van der Waals surface area (Å²) < 4.78 is 0. The third kappa shape index (κ3) is 4.26. The molecule has 3 aromatic rings. The number of benzene rings is 2. The zero-order chi connectivity index (χ0) is 20.4. The predicted molar refractivity (Wildman–Crippen MR) is 116 cm³/mol. The number of carbonyl (C=O) groups is 2. The van der Waals surface area contributed by atoms with Crippen molar-refractivity contribution in [1.29, 1.82) is 0 Å². The number of amides is 3. The first-order chi connectivity index (χ1) is 14.0. The van der Waals surface area contributed by atoms with Gasteiger partial charge in [-0.3, -0.25) is 15.0 Å². The molecule has 0 unspecified atom stereocenters. The van der Waals surface area contributed by atoms with E-state index in [1.54, 1.807) is 23.1 Å². The Hall–Kier alpha value is -2.90. The van der Waals surface area contributed by atoms with Crippen LogP contribution in [0.3, 0.4) is 0 Å². The maximum atomic E-state index is 12.7. The molecular weight excluding hydrogens is 408 g/mol. The molecule has 1 fully saturated rings. The van der Waals surface area contributed by atoms with E-state index >= 15 is 0 Å². The summed E-state index contributed by atoms with van der Waals surface area (Å²) in [5.74, 6) is -0.260. The van der Waals surface area contributed by atoms with E-state index in [1.165, 1.54) is 11.3 Å². The van der Waals surface area contributed by atoms with E-state index in [-0.39, 0.29) is 11.9 Å². The molecule has 0 radical (unpaired) electrons. The highest BCUT2D eigenvalue weighted by atomic mass is 35.5. The maximum absolute atomic E-state index is 12.7.